The summed E-state index contributed by atoms with van der Waals surface area (Å²) in [6.45, 7) is 8.73. The lowest BCUT2D eigenvalue weighted by atomic mass is 9.87. The highest BCUT2D eigenvalue weighted by Crippen LogP contribution is 2.44. The zero-order valence-electron chi connectivity index (χ0n) is 30.7. The summed E-state index contributed by atoms with van der Waals surface area (Å²) in [5.74, 6) is -1.49. The number of aromatic hydroxyl groups is 2. The number of hydrogen-bond donors (Lipinski definition) is 5. The van der Waals surface area contributed by atoms with Crippen LogP contribution in [0.15, 0.2) is 46.5 Å². The average molecular weight is 688 g/mol. The van der Waals surface area contributed by atoms with E-state index in [4.69, 9.17) is 14.2 Å². The van der Waals surface area contributed by atoms with Crippen LogP contribution in [-0.4, -0.2) is 130 Å². The number of allylic oxidation sites excluding steroid dienone is 2. The van der Waals surface area contributed by atoms with Crippen LogP contribution < -0.4 is 10.6 Å². The SMILES string of the molecule is CO[C@H]1C=C/C=C(\C)C(=O)Nc2cc(O)c(N=CCN(C)C)c(c2O)C[C@@H](C)C[C@H](OC)[C@H](O)[C@@H](C)/C=C(\C)[C@@H]1OC(=O)NCCN(C)C. The summed E-state index contributed by atoms with van der Waals surface area (Å²) < 4.78 is 17.4. The van der Waals surface area contributed by atoms with Crippen LogP contribution in [-0.2, 0) is 25.4 Å². The maximum atomic E-state index is 13.2. The van der Waals surface area contributed by atoms with Crippen molar-refractivity contribution in [1.29, 1.82) is 0 Å². The Morgan fingerprint density at radius 3 is 2.43 bits per heavy atom. The number of nitrogens with one attached hydrogen (secondary N) is 2. The van der Waals surface area contributed by atoms with E-state index in [2.05, 4.69) is 15.6 Å². The average Bonchev–Trinajstić information content (AvgIpc) is 3.03. The van der Waals surface area contributed by atoms with Crippen LogP contribution in [0.25, 0.3) is 0 Å². The molecule has 5 N–H and O–H groups in total. The van der Waals surface area contributed by atoms with Gasteiger partial charge in [0.25, 0.3) is 5.91 Å². The van der Waals surface area contributed by atoms with Gasteiger partial charge in [0, 0.05) is 63.2 Å². The number of phenolic OH excluding ortho intramolecular Hbond substituents is 2. The zero-order valence-corrected chi connectivity index (χ0v) is 30.7. The van der Waals surface area contributed by atoms with Crippen molar-refractivity contribution in [3.05, 3.63) is 47.1 Å². The Kier molecular flexibility index (Phi) is 16.9. The van der Waals surface area contributed by atoms with Crippen molar-refractivity contribution < 1.29 is 39.1 Å². The van der Waals surface area contributed by atoms with Gasteiger partial charge < -0.3 is 50.0 Å². The first-order chi connectivity index (χ1) is 23.1. The molecule has 274 valence electrons. The van der Waals surface area contributed by atoms with Crippen LogP contribution in [0.4, 0.5) is 16.2 Å². The maximum Gasteiger partial charge on any atom is 0.407 e. The van der Waals surface area contributed by atoms with Crippen molar-refractivity contribution in [3.63, 3.8) is 0 Å². The molecule has 1 aliphatic heterocycles. The van der Waals surface area contributed by atoms with E-state index in [1.54, 1.807) is 31.4 Å². The molecule has 0 saturated heterocycles. The van der Waals surface area contributed by atoms with Crippen molar-refractivity contribution in [2.45, 2.75) is 65.0 Å². The summed E-state index contributed by atoms with van der Waals surface area (Å²) in [5.41, 5.74) is 1.55. The number of anilines is 1. The number of phenols is 2. The van der Waals surface area contributed by atoms with Gasteiger partial charge in [-0.2, -0.15) is 0 Å². The van der Waals surface area contributed by atoms with E-state index >= 15 is 0 Å². The predicted molar refractivity (Wildman–Crippen MR) is 193 cm³/mol. The molecule has 0 unspecified atom stereocenters. The van der Waals surface area contributed by atoms with Gasteiger partial charge in [-0.3, -0.25) is 9.79 Å². The Morgan fingerprint density at radius 2 is 1.82 bits per heavy atom. The van der Waals surface area contributed by atoms with Crippen molar-refractivity contribution in [2.24, 2.45) is 16.8 Å². The Hall–Kier alpha value is -3.75. The van der Waals surface area contributed by atoms with E-state index in [-0.39, 0.29) is 35.2 Å². The van der Waals surface area contributed by atoms with Crippen molar-refractivity contribution in [3.8, 4) is 11.5 Å². The lowest BCUT2D eigenvalue weighted by molar-refractivity contribution is -0.112. The number of likely N-dealkylation sites (N-methyl/N-ethyl adjacent to an activating group) is 1. The molecule has 13 heteroatoms. The topological polar surface area (TPSA) is 165 Å². The molecule has 2 amide bonds. The van der Waals surface area contributed by atoms with Gasteiger partial charge in [0.2, 0.25) is 0 Å². The largest absolute Gasteiger partial charge is 0.506 e. The molecule has 1 aromatic rings. The highest BCUT2D eigenvalue weighted by Gasteiger charge is 2.30. The first-order valence-corrected chi connectivity index (χ1v) is 16.5. The number of carbonyl (C=O) groups excluding carboxylic acids is 2. The number of benzene rings is 1. The van der Waals surface area contributed by atoms with Crippen LogP contribution in [0.1, 0.15) is 39.7 Å². The summed E-state index contributed by atoms with van der Waals surface area (Å²) in [4.78, 5) is 34.4. The third-order valence-electron chi connectivity index (χ3n) is 8.29. The molecule has 1 heterocycles. The smallest absolute Gasteiger partial charge is 0.407 e. The van der Waals surface area contributed by atoms with Gasteiger partial charge in [-0.05, 0) is 66.4 Å². The summed E-state index contributed by atoms with van der Waals surface area (Å²) in [6, 6.07) is 1.28. The number of aliphatic hydroxyl groups excluding tert-OH is 1. The Balaban J connectivity index is 2.63. The van der Waals surface area contributed by atoms with Crippen LogP contribution in [0.5, 0.6) is 11.5 Å². The Bertz CT molecular complexity index is 1370. The van der Waals surface area contributed by atoms with Gasteiger partial charge in [0.05, 0.1) is 17.9 Å². The van der Waals surface area contributed by atoms with Gasteiger partial charge in [-0.15, -0.1) is 0 Å². The summed E-state index contributed by atoms with van der Waals surface area (Å²) >= 11 is 0. The number of aliphatic hydroxyl groups is 1. The molecule has 0 radical (unpaired) electrons. The minimum atomic E-state index is -0.939. The second-order valence-corrected chi connectivity index (χ2v) is 13.2. The van der Waals surface area contributed by atoms with Crippen LogP contribution in [0, 0.1) is 11.8 Å². The van der Waals surface area contributed by atoms with Crippen LogP contribution in [0.2, 0.25) is 0 Å². The van der Waals surface area contributed by atoms with Gasteiger partial charge in [0.1, 0.15) is 23.3 Å². The summed E-state index contributed by atoms with van der Waals surface area (Å²) in [7, 11) is 10.6. The molecule has 0 fully saturated rings. The quantitative estimate of drug-likeness (QED) is 0.111. The molecule has 0 aromatic heterocycles. The molecule has 49 heavy (non-hydrogen) atoms. The van der Waals surface area contributed by atoms with Gasteiger partial charge in [-0.25, -0.2) is 4.79 Å². The van der Waals surface area contributed by atoms with E-state index < -0.39 is 42.3 Å². The Morgan fingerprint density at radius 1 is 1.12 bits per heavy atom. The molecule has 1 aromatic carbocycles. The molecule has 2 bridgehead atoms. The molecule has 13 nitrogen and oxygen atoms in total. The number of ether oxygens (including phenoxy) is 3. The first-order valence-electron chi connectivity index (χ1n) is 16.5. The van der Waals surface area contributed by atoms with Crippen molar-refractivity contribution in [1.82, 2.24) is 15.1 Å². The number of aliphatic imine (C=N–C) groups is 1. The first kappa shape index (κ1) is 41.4. The fourth-order valence-corrected chi connectivity index (χ4v) is 5.45. The number of amides is 2. The minimum Gasteiger partial charge on any atom is -0.506 e. The fourth-order valence-electron chi connectivity index (χ4n) is 5.45. The zero-order chi connectivity index (χ0) is 36.8. The fraction of sp³-hybridized carbons (Fsp3) is 0.583. The second kappa shape index (κ2) is 20.1. The van der Waals surface area contributed by atoms with E-state index in [0.29, 0.717) is 42.8 Å². The van der Waals surface area contributed by atoms with Crippen molar-refractivity contribution >= 4 is 29.6 Å². The van der Waals surface area contributed by atoms with E-state index in [9.17, 15) is 24.9 Å². The number of carbonyl (C=O) groups is 2. The molecule has 2 rings (SSSR count). The molecule has 0 aliphatic carbocycles. The second-order valence-electron chi connectivity index (χ2n) is 13.2. The van der Waals surface area contributed by atoms with Gasteiger partial charge in [0.15, 0.2) is 6.10 Å². The van der Waals surface area contributed by atoms with E-state index in [1.807, 2.05) is 64.8 Å². The van der Waals surface area contributed by atoms with Crippen molar-refractivity contribution in [2.75, 3.05) is 67.4 Å². The highest BCUT2D eigenvalue weighted by molar-refractivity contribution is 6.04. The molecular weight excluding hydrogens is 630 g/mol. The summed E-state index contributed by atoms with van der Waals surface area (Å²) in [6.07, 6.45) is 5.24. The van der Waals surface area contributed by atoms with Gasteiger partial charge in [-0.1, -0.05) is 38.2 Å². The monoisotopic (exact) mass is 687 g/mol. The third-order valence-corrected chi connectivity index (χ3v) is 8.29. The molecule has 6 atom stereocenters. The lowest BCUT2D eigenvalue weighted by Gasteiger charge is -2.30. The van der Waals surface area contributed by atoms with Gasteiger partial charge >= 0.3 is 6.09 Å². The predicted octanol–water partition coefficient (Wildman–Crippen LogP) is 4.01. The van der Waals surface area contributed by atoms with Crippen LogP contribution >= 0.6 is 0 Å². The minimum absolute atomic E-state index is 0.0335. The van der Waals surface area contributed by atoms with Crippen LogP contribution in [0.3, 0.4) is 0 Å². The number of alkyl carbamates (subject to hydrolysis) is 1. The lowest BCUT2D eigenvalue weighted by Crippen LogP contribution is -2.39. The number of nitrogens with zero attached hydrogens (tertiary/aromatic N) is 3. The molecule has 1 aliphatic rings. The standard InChI is InChI=1S/C36H57N5O8/c1-22-18-26-31(37-14-16-40(5)6)28(42)21-27(33(26)44)39-35(45)23(2)12-11-13-29(47-9)34(49-36(46)38-15-17-41(7)8)25(4)20-24(3)32(43)30(19-22)48-10/h11-14,20-22,24,29-30,32,34,42-44H,15-19H2,1-10H3,(H,38,46)(H,39,45)/b13-11?,23-12+,25-20+,37-14?/t22-,24+,29+,30+,32-,34+/m1/s1. The van der Waals surface area contributed by atoms with E-state index in [1.165, 1.54) is 20.3 Å². The molecule has 0 spiro atoms. The number of fused-ring (bicyclic) bond motifs is 2. The Labute approximate surface area is 291 Å². The van der Waals surface area contributed by atoms with E-state index in [0.717, 1.165) is 0 Å². The summed E-state index contributed by atoms with van der Waals surface area (Å²) in [5, 5.41) is 39.4. The highest BCUT2D eigenvalue weighted by atomic mass is 16.6. The third kappa shape index (κ3) is 12.9. The molecule has 0 saturated carbocycles. The molecular formula is C36H57N5O8. The normalized spacial score (nSPS) is 26.7. The number of hydrogen-bond acceptors (Lipinski definition) is 11. The number of methoxy groups -OCH3 is 2. The maximum absolute atomic E-state index is 13.2. The number of rotatable bonds is 9.